The number of alkyl halides is 3. The molecule has 8 heteroatoms. The second kappa shape index (κ2) is 16.5. The molecule has 1 atom stereocenters. The predicted molar refractivity (Wildman–Crippen MR) is 125 cm³/mol. The first-order chi connectivity index (χ1) is 16.1. The van der Waals surface area contributed by atoms with Crippen LogP contribution in [0.15, 0.2) is 18.2 Å². The molecule has 0 saturated carbocycles. The van der Waals surface area contributed by atoms with Crippen LogP contribution in [0.5, 0.6) is 0 Å². The molecule has 0 spiro atoms. The first kappa shape index (κ1) is 29.9. The molecule has 34 heavy (non-hydrogen) atoms. The van der Waals surface area contributed by atoms with Gasteiger partial charge in [-0.25, -0.2) is 9.18 Å². The van der Waals surface area contributed by atoms with Crippen molar-refractivity contribution in [2.24, 2.45) is 0 Å². The molecule has 0 radical (unpaired) electrons. The minimum absolute atomic E-state index is 0.217. The first-order valence-electron chi connectivity index (χ1n) is 12.5. The Labute approximate surface area is 200 Å². The van der Waals surface area contributed by atoms with Crippen LogP contribution in [0.3, 0.4) is 0 Å². The molecule has 1 unspecified atom stereocenters. The van der Waals surface area contributed by atoms with Crippen molar-refractivity contribution >= 4 is 11.9 Å². The van der Waals surface area contributed by atoms with Crippen LogP contribution < -0.4 is 5.32 Å². The van der Waals surface area contributed by atoms with Crippen LogP contribution in [0.4, 0.5) is 17.6 Å². The third-order valence-electron chi connectivity index (χ3n) is 5.68. The van der Waals surface area contributed by atoms with Crippen LogP contribution in [0.1, 0.15) is 113 Å². The van der Waals surface area contributed by atoms with Crippen LogP contribution in [0.25, 0.3) is 0 Å². The fraction of sp³-hybridized carbons (Fsp3) is 0.692. The summed E-state index contributed by atoms with van der Waals surface area (Å²) in [6.07, 6.45) is 10.8. The van der Waals surface area contributed by atoms with Gasteiger partial charge in [0.05, 0.1) is 12.2 Å². The number of ether oxygens (including phenoxy) is 1. The summed E-state index contributed by atoms with van der Waals surface area (Å²) >= 11 is 0. The Morgan fingerprint density at radius 2 is 1.35 bits per heavy atom. The number of hydrogen-bond acceptors (Lipinski definition) is 3. The van der Waals surface area contributed by atoms with Gasteiger partial charge >= 0.3 is 12.1 Å². The summed E-state index contributed by atoms with van der Waals surface area (Å²) < 4.78 is 57.0. The molecule has 1 aromatic carbocycles. The molecular formula is C26H39F4NO3. The van der Waals surface area contributed by atoms with E-state index in [1.54, 1.807) is 0 Å². The van der Waals surface area contributed by atoms with Gasteiger partial charge in [-0.15, -0.1) is 0 Å². The Hall–Kier alpha value is -2.12. The molecule has 0 aliphatic rings. The van der Waals surface area contributed by atoms with E-state index in [0.717, 1.165) is 19.3 Å². The fourth-order valence-corrected chi connectivity index (χ4v) is 3.64. The van der Waals surface area contributed by atoms with E-state index in [-0.39, 0.29) is 6.61 Å². The Balaban J connectivity index is 2.15. The number of halogens is 4. The lowest BCUT2D eigenvalue weighted by Gasteiger charge is -2.14. The topological polar surface area (TPSA) is 55.4 Å². The van der Waals surface area contributed by atoms with Crippen LogP contribution in [0.2, 0.25) is 0 Å². The molecule has 0 fully saturated rings. The highest BCUT2D eigenvalue weighted by atomic mass is 19.4. The zero-order valence-corrected chi connectivity index (χ0v) is 20.4. The molecule has 1 rings (SSSR count). The summed E-state index contributed by atoms with van der Waals surface area (Å²) in [5.41, 5.74) is -1.78. The van der Waals surface area contributed by atoms with Gasteiger partial charge in [0.2, 0.25) is 0 Å². The number of amides is 1. The predicted octanol–water partition coefficient (Wildman–Crippen LogP) is 7.60. The largest absolute Gasteiger partial charge is 0.464 e. The molecule has 0 aliphatic heterocycles. The van der Waals surface area contributed by atoms with E-state index in [4.69, 9.17) is 4.74 Å². The second-order valence-electron chi connectivity index (χ2n) is 8.83. The summed E-state index contributed by atoms with van der Waals surface area (Å²) in [5, 5.41) is 2.25. The number of nitrogens with one attached hydrogen (secondary N) is 1. The molecule has 0 aromatic heterocycles. The van der Waals surface area contributed by atoms with Gasteiger partial charge in [-0.3, -0.25) is 4.79 Å². The van der Waals surface area contributed by atoms with E-state index in [2.05, 4.69) is 12.2 Å². The van der Waals surface area contributed by atoms with Gasteiger partial charge in [0, 0.05) is 5.56 Å². The zero-order chi connectivity index (χ0) is 25.4. The fourth-order valence-electron chi connectivity index (χ4n) is 3.64. The summed E-state index contributed by atoms with van der Waals surface area (Å²) in [4.78, 5) is 24.2. The third-order valence-corrected chi connectivity index (χ3v) is 5.68. The molecule has 1 aromatic rings. The molecule has 1 N–H and O–H groups in total. The van der Waals surface area contributed by atoms with Gasteiger partial charge in [0.1, 0.15) is 11.9 Å². The minimum Gasteiger partial charge on any atom is -0.464 e. The standard InChI is InChI=1S/C26H39F4NO3/c1-3-4-5-6-7-8-9-10-11-12-13-14-15-16-34-25(33)20(2)31-24(32)21-17-22(26(28,29)30)19-23(27)18-21/h17-20H,3-16H2,1-2H3,(H,31,32). The summed E-state index contributed by atoms with van der Waals surface area (Å²) in [5.74, 6) is -2.84. The zero-order valence-electron chi connectivity index (χ0n) is 20.4. The van der Waals surface area contributed by atoms with E-state index in [0.29, 0.717) is 24.6 Å². The van der Waals surface area contributed by atoms with Crippen LogP contribution in [-0.2, 0) is 15.7 Å². The molecule has 0 saturated heterocycles. The van der Waals surface area contributed by atoms with Crippen molar-refractivity contribution in [2.45, 2.75) is 110 Å². The highest BCUT2D eigenvalue weighted by Gasteiger charge is 2.32. The van der Waals surface area contributed by atoms with E-state index >= 15 is 0 Å². The SMILES string of the molecule is CCCCCCCCCCCCCCCOC(=O)C(C)NC(=O)c1cc(F)cc(C(F)(F)F)c1. The van der Waals surface area contributed by atoms with E-state index in [1.165, 1.54) is 64.7 Å². The maximum atomic E-state index is 13.5. The second-order valence-corrected chi connectivity index (χ2v) is 8.83. The van der Waals surface area contributed by atoms with Gasteiger partial charge in [-0.05, 0) is 31.5 Å². The summed E-state index contributed by atoms with van der Waals surface area (Å²) in [6, 6.07) is 0.483. The number of benzene rings is 1. The number of carbonyl (C=O) groups excluding carboxylic acids is 2. The van der Waals surface area contributed by atoms with Crippen LogP contribution in [0, 0.1) is 5.82 Å². The average Bonchev–Trinajstić information content (AvgIpc) is 2.78. The number of rotatable bonds is 17. The van der Waals surface area contributed by atoms with Crippen molar-refractivity contribution < 1.29 is 31.9 Å². The monoisotopic (exact) mass is 489 g/mol. The average molecular weight is 490 g/mol. The van der Waals surface area contributed by atoms with Crippen molar-refractivity contribution in [1.29, 1.82) is 0 Å². The Morgan fingerprint density at radius 3 is 1.85 bits per heavy atom. The molecule has 0 heterocycles. The number of unbranched alkanes of at least 4 members (excludes halogenated alkanes) is 12. The van der Waals surface area contributed by atoms with Crippen molar-refractivity contribution in [3.05, 3.63) is 35.1 Å². The van der Waals surface area contributed by atoms with Crippen molar-refractivity contribution in [3.8, 4) is 0 Å². The van der Waals surface area contributed by atoms with E-state index in [9.17, 15) is 27.2 Å². The normalized spacial score (nSPS) is 12.4. The molecular weight excluding hydrogens is 450 g/mol. The van der Waals surface area contributed by atoms with Gasteiger partial charge < -0.3 is 10.1 Å². The minimum atomic E-state index is -4.78. The summed E-state index contributed by atoms with van der Waals surface area (Å²) in [6.45, 7) is 3.81. The Kier molecular flexibility index (Phi) is 14.5. The first-order valence-corrected chi connectivity index (χ1v) is 12.5. The lowest BCUT2D eigenvalue weighted by atomic mass is 10.0. The van der Waals surface area contributed by atoms with E-state index in [1.807, 2.05) is 0 Å². The molecule has 1 amide bonds. The van der Waals surface area contributed by atoms with Crippen molar-refractivity contribution in [1.82, 2.24) is 5.32 Å². The van der Waals surface area contributed by atoms with Gasteiger partial charge in [0.25, 0.3) is 5.91 Å². The smallest absolute Gasteiger partial charge is 0.416 e. The van der Waals surface area contributed by atoms with Gasteiger partial charge in [-0.1, -0.05) is 84.0 Å². The van der Waals surface area contributed by atoms with Gasteiger partial charge in [0.15, 0.2) is 0 Å². The number of hydrogen-bond donors (Lipinski definition) is 1. The molecule has 0 bridgehead atoms. The molecule has 4 nitrogen and oxygen atoms in total. The van der Waals surface area contributed by atoms with Gasteiger partial charge in [-0.2, -0.15) is 13.2 Å². The maximum Gasteiger partial charge on any atom is 0.416 e. The highest BCUT2D eigenvalue weighted by Crippen LogP contribution is 2.30. The quantitative estimate of drug-likeness (QED) is 0.139. The molecule has 194 valence electrons. The number of esters is 1. The maximum absolute atomic E-state index is 13.5. The van der Waals surface area contributed by atoms with Crippen molar-refractivity contribution in [2.75, 3.05) is 6.61 Å². The molecule has 0 aliphatic carbocycles. The Bertz CT molecular complexity index is 737. The van der Waals surface area contributed by atoms with Crippen LogP contribution in [-0.4, -0.2) is 24.5 Å². The van der Waals surface area contributed by atoms with E-state index < -0.39 is 41.0 Å². The third kappa shape index (κ3) is 12.9. The van der Waals surface area contributed by atoms with Crippen LogP contribution >= 0.6 is 0 Å². The Morgan fingerprint density at radius 1 is 0.853 bits per heavy atom. The summed E-state index contributed by atoms with van der Waals surface area (Å²) in [7, 11) is 0. The lowest BCUT2D eigenvalue weighted by Crippen LogP contribution is -2.39. The van der Waals surface area contributed by atoms with Crippen molar-refractivity contribution in [3.63, 3.8) is 0 Å². The lowest BCUT2D eigenvalue weighted by molar-refractivity contribution is -0.145. The number of carbonyl (C=O) groups is 2. The highest BCUT2D eigenvalue weighted by molar-refractivity contribution is 5.96.